The van der Waals surface area contributed by atoms with Crippen molar-refractivity contribution in [2.24, 2.45) is 0 Å². The maximum Gasteiger partial charge on any atom is 0.246 e. The van der Waals surface area contributed by atoms with Crippen molar-refractivity contribution in [3.8, 4) is 0 Å². The van der Waals surface area contributed by atoms with Crippen LogP contribution in [0, 0.1) is 0 Å². The maximum atomic E-state index is 12.6. The average molecular weight is 300 g/mol. The van der Waals surface area contributed by atoms with Crippen LogP contribution in [-0.2, 0) is 9.59 Å². The topological polar surface area (TPSA) is 49.4 Å². The first-order valence-corrected chi connectivity index (χ1v) is 8.92. The molecule has 0 saturated carbocycles. The van der Waals surface area contributed by atoms with Crippen molar-refractivity contribution >= 4 is 23.6 Å². The molecule has 0 aromatic rings. The van der Waals surface area contributed by atoms with E-state index in [2.05, 4.69) is 12.2 Å². The Morgan fingerprint density at radius 2 is 1.85 bits per heavy atom. The van der Waals surface area contributed by atoms with E-state index in [0.717, 1.165) is 17.9 Å². The minimum atomic E-state index is -0.639. The van der Waals surface area contributed by atoms with E-state index in [1.54, 1.807) is 0 Å². The van der Waals surface area contributed by atoms with Gasteiger partial charge in [-0.3, -0.25) is 9.59 Å². The zero-order chi connectivity index (χ0) is 15.2. The monoisotopic (exact) mass is 300 g/mol. The highest BCUT2D eigenvalue weighted by Crippen LogP contribution is 2.29. The first-order valence-electron chi connectivity index (χ1n) is 7.77. The number of hydrogen-bond acceptors (Lipinski definition) is 3. The number of piperazine rings is 1. The first kappa shape index (κ1) is 17.3. The van der Waals surface area contributed by atoms with Gasteiger partial charge in [0.15, 0.2) is 0 Å². The van der Waals surface area contributed by atoms with Gasteiger partial charge in [-0.05, 0) is 37.2 Å². The molecule has 2 amide bonds. The summed E-state index contributed by atoms with van der Waals surface area (Å²) in [5, 5.41) is 2.90. The highest BCUT2D eigenvalue weighted by Gasteiger charge is 2.49. The normalized spacial score (nSPS) is 22.0. The number of nitrogens with zero attached hydrogens (tertiary/aromatic N) is 1. The van der Waals surface area contributed by atoms with E-state index >= 15 is 0 Å². The molecule has 20 heavy (non-hydrogen) atoms. The summed E-state index contributed by atoms with van der Waals surface area (Å²) in [6, 6.07) is -0.340. The van der Waals surface area contributed by atoms with E-state index in [-0.39, 0.29) is 17.9 Å². The predicted molar refractivity (Wildman–Crippen MR) is 84.9 cm³/mol. The molecule has 0 aromatic carbocycles. The molecular weight excluding hydrogens is 272 g/mol. The number of nitrogens with one attached hydrogen (secondary N) is 1. The summed E-state index contributed by atoms with van der Waals surface area (Å²) in [7, 11) is 0. The van der Waals surface area contributed by atoms with E-state index in [0.29, 0.717) is 25.8 Å². The van der Waals surface area contributed by atoms with Crippen molar-refractivity contribution in [3.63, 3.8) is 0 Å². The molecular formula is C15H28N2O2S. The summed E-state index contributed by atoms with van der Waals surface area (Å²) < 4.78 is 0. The van der Waals surface area contributed by atoms with Gasteiger partial charge in [0.1, 0.15) is 11.6 Å². The van der Waals surface area contributed by atoms with Crippen LogP contribution in [0.4, 0.5) is 0 Å². The van der Waals surface area contributed by atoms with Crippen LogP contribution in [0.5, 0.6) is 0 Å². The summed E-state index contributed by atoms with van der Waals surface area (Å²) in [4.78, 5) is 26.9. The van der Waals surface area contributed by atoms with E-state index in [4.69, 9.17) is 0 Å². The quantitative estimate of drug-likeness (QED) is 0.700. The molecule has 1 atom stereocenters. The Balaban J connectivity index is 2.88. The molecule has 0 bridgehead atoms. The molecule has 1 rings (SSSR count). The van der Waals surface area contributed by atoms with Gasteiger partial charge in [-0.25, -0.2) is 0 Å². The zero-order valence-corrected chi connectivity index (χ0v) is 14.0. The molecule has 1 fully saturated rings. The molecule has 1 heterocycles. The second kappa shape index (κ2) is 7.91. The molecule has 116 valence electrons. The summed E-state index contributed by atoms with van der Waals surface area (Å²) in [6.45, 7) is 8.77. The van der Waals surface area contributed by atoms with E-state index < -0.39 is 5.54 Å². The number of thioether (sulfide) groups is 1. The van der Waals surface area contributed by atoms with Crippen LogP contribution in [-0.4, -0.2) is 46.3 Å². The third-order valence-corrected chi connectivity index (χ3v) is 5.25. The van der Waals surface area contributed by atoms with Gasteiger partial charge in [0.2, 0.25) is 11.8 Å². The van der Waals surface area contributed by atoms with Crippen molar-refractivity contribution in [2.45, 2.75) is 65.0 Å². The van der Waals surface area contributed by atoms with Crippen molar-refractivity contribution in [3.05, 3.63) is 0 Å². The maximum absolute atomic E-state index is 12.6. The lowest BCUT2D eigenvalue weighted by Crippen LogP contribution is -2.70. The third kappa shape index (κ3) is 3.30. The van der Waals surface area contributed by atoms with Crippen molar-refractivity contribution in [1.29, 1.82) is 0 Å². The molecule has 5 heteroatoms. The van der Waals surface area contributed by atoms with Gasteiger partial charge >= 0.3 is 0 Å². The summed E-state index contributed by atoms with van der Waals surface area (Å²) in [6.07, 6.45) is 2.97. The Morgan fingerprint density at radius 1 is 1.20 bits per heavy atom. The van der Waals surface area contributed by atoms with Gasteiger partial charge in [-0.1, -0.05) is 27.7 Å². The molecule has 1 unspecified atom stereocenters. The number of rotatable bonds is 8. The molecule has 1 aliphatic heterocycles. The lowest BCUT2D eigenvalue weighted by Gasteiger charge is -2.47. The van der Waals surface area contributed by atoms with Crippen LogP contribution in [0.15, 0.2) is 0 Å². The Labute approximate surface area is 127 Å². The van der Waals surface area contributed by atoms with Crippen molar-refractivity contribution in [1.82, 2.24) is 10.2 Å². The van der Waals surface area contributed by atoms with Crippen molar-refractivity contribution in [2.75, 3.05) is 18.1 Å². The summed E-state index contributed by atoms with van der Waals surface area (Å²) in [5.41, 5.74) is -0.639. The standard InChI is InChI=1S/C15H28N2O2S/c1-5-12-13(18)17(10-9-11-20-8-4)15(6-2,7-3)14(19)16-12/h12H,5-11H2,1-4H3,(H,16,19). The molecule has 1 saturated heterocycles. The summed E-state index contributed by atoms with van der Waals surface area (Å²) >= 11 is 1.88. The van der Waals surface area contributed by atoms with Crippen LogP contribution >= 0.6 is 11.8 Å². The molecule has 0 radical (unpaired) electrons. The third-order valence-electron chi connectivity index (χ3n) is 4.26. The molecule has 4 nitrogen and oxygen atoms in total. The summed E-state index contributed by atoms with van der Waals surface area (Å²) in [5.74, 6) is 2.26. The van der Waals surface area contributed by atoms with Gasteiger partial charge in [0.05, 0.1) is 0 Å². The largest absolute Gasteiger partial charge is 0.342 e. The predicted octanol–water partition coefficient (Wildman–Crippen LogP) is 2.43. The van der Waals surface area contributed by atoms with Gasteiger partial charge < -0.3 is 10.2 Å². The zero-order valence-electron chi connectivity index (χ0n) is 13.2. The van der Waals surface area contributed by atoms with E-state index in [1.165, 1.54) is 0 Å². The van der Waals surface area contributed by atoms with E-state index in [9.17, 15) is 9.59 Å². The molecule has 1 N–H and O–H groups in total. The second-order valence-electron chi connectivity index (χ2n) is 5.21. The number of amides is 2. The number of carbonyl (C=O) groups is 2. The van der Waals surface area contributed by atoms with Gasteiger partial charge in [-0.2, -0.15) is 11.8 Å². The lowest BCUT2D eigenvalue weighted by atomic mass is 9.85. The van der Waals surface area contributed by atoms with Gasteiger partial charge in [0, 0.05) is 6.54 Å². The SMILES string of the molecule is CCSCCCN1C(=O)C(CC)NC(=O)C1(CC)CC. The average Bonchev–Trinajstić information content (AvgIpc) is 2.47. The highest BCUT2D eigenvalue weighted by atomic mass is 32.2. The minimum Gasteiger partial charge on any atom is -0.342 e. The Kier molecular flexibility index (Phi) is 6.86. The van der Waals surface area contributed by atoms with Crippen LogP contribution in [0.25, 0.3) is 0 Å². The molecule has 1 aliphatic rings. The Hall–Kier alpha value is -0.710. The molecule has 0 aliphatic carbocycles. The highest BCUT2D eigenvalue weighted by molar-refractivity contribution is 7.99. The lowest BCUT2D eigenvalue weighted by molar-refractivity contribution is -0.158. The first-order chi connectivity index (χ1) is 9.57. The minimum absolute atomic E-state index is 0.0251. The Bertz CT molecular complexity index is 343. The molecule has 0 aromatic heterocycles. The fraction of sp³-hybridized carbons (Fsp3) is 0.867. The fourth-order valence-corrected chi connectivity index (χ4v) is 3.52. The van der Waals surface area contributed by atoms with Crippen molar-refractivity contribution < 1.29 is 9.59 Å². The van der Waals surface area contributed by atoms with Crippen LogP contribution in [0.2, 0.25) is 0 Å². The Morgan fingerprint density at radius 3 is 2.35 bits per heavy atom. The smallest absolute Gasteiger partial charge is 0.246 e. The number of carbonyl (C=O) groups excluding carboxylic acids is 2. The molecule has 0 spiro atoms. The van der Waals surface area contributed by atoms with Gasteiger partial charge in [0.25, 0.3) is 0 Å². The fourth-order valence-electron chi connectivity index (χ4n) is 2.90. The van der Waals surface area contributed by atoms with Crippen LogP contribution in [0.1, 0.15) is 53.4 Å². The second-order valence-corrected chi connectivity index (χ2v) is 6.61. The van der Waals surface area contributed by atoms with E-state index in [1.807, 2.05) is 37.4 Å². The van der Waals surface area contributed by atoms with Gasteiger partial charge in [-0.15, -0.1) is 0 Å². The number of hydrogen-bond donors (Lipinski definition) is 1. The van der Waals surface area contributed by atoms with Crippen LogP contribution in [0.3, 0.4) is 0 Å². The van der Waals surface area contributed by atoms with Crippen LogP contribution < -0.4 is 5.32 Å².